The first-order valence-corrected chi connectivity index (χ1v) is 8.08. The molecule has 0 spiro atoms. The van der Waals surface area contributed by atoms with E-state index in [0.717, 1.165) is 0 Å². The third-order valence-electron chi connectivity index (χ3n) is 2.69. The number of hydrogen-bond acceptors (Lipinski definition) is 3. The van der Waals surface area contributed by atoms with Gasteiger partial charge < -0.3 is 4.74 Å². The minimum Gasteiger partial charge on any atom is -0.385 e. The third-order valence-corrected chi connectivity index (χ3v) is 5.20. The smallest absolute Gasteiger partial charge is 0.242 e. The molecule has 0 N–H and O–H groups in total. The van der Waals surface area contributed by atoms with E-state index in [1.807, 2.05) is 0 Å². The zero-order valence-electron chi connectivity index (χ0n) is 10.9. The Kier molecular flexibility index (Phi) is 6.56. The number of alkyl halides is 1. The number of ether oxygens (including phenoxy) is 1. The maximum absolute atomic E-state index is 12.3. The molecule has 0 saturated carbocycles. The lowest BCUT2D eigenvalue weighted by atomic mass is 10.2. The van der Waals surface area contributed by atoms with Gasteiger partial charge in [0.05, 0.1) is 4.90 Å². The summed E-state index contributed by atoms with van der Waals surface area (Å²) in [5.41, 5.74) is 0.606. The maximum Gasteiger partial charge on any atom is 0.242 e. The van der Waals surface area contributed by atoms with Crippen molar-refractivity contribution in [2.24, 2.45) is 0 Å². The summed E-state index contributed by atoms with van der Waals surface area (Å²) in [5.74, 6) is 0.176. The van der Waals surface area contributed by atoms with Gasteiger partial charge in [-0.15, -0.1) is 11.6 Å². The molecular formula is C12H17Cl2NO3S. The maximum atomic E-state index is 12.3. The van der Waals surface area contributed by atoms with Gasteiger partial charge in [-0.05, 0) is 30.2 Å². The van der Waals surface area contributed by atoms with E-state index in [4.69, 9.17) is 27.9 Å². The molecule has 1 aromatic rings. The molecule has 108 valence electrons. The van der Waals surface area contributed by atoms with Gasteiger partial charge in [0, 0.05) is 38.2 Å². The molecule has 19 heavy (non-hydrogen) atoms. The van der Waals surface area contributed by atoms with Crippen molar-refractivity contribution in [3.63, 3.8) is 0 Å². The van der Waals surface area contributed by atoms with Crippen molar-refractivity contribution in [2.45, 2.75) is 17.2 Å². The molecule has 0 saturated heterocycles. The largest absolute Gasteiger partial charge is 0.385 e. The van der Waals surface area contributed by atoms with E-state index in [1.54, 1.807) is 20.2 Å². The number of halogens is 2. The molecule has 0 aliphatic carbocycles. The summed E-state index contributed by atoms with van der Waals surface area (Å²) >= 11 is 11.6. The van der Waals surface area contributed by atoms with Crippen LogP contribution in [0.25, 0.3) is 0 Å². The molecule has 0 bridgehead atoms. The highest BCUT2D eigenvalue weighted by atomic mass is 35.5. The first kappa shape index (κ1) is 16.7. The summed E-state index contributed by atoms with van der Waals surface area (Å²) in [5, 5.41) is 0.469. The summed E-state index contributed by atoms with van der Waals surface area (Å²) in [7, 11) is -0.383. The van der Waals surface area contributed by atoms with Crippen molar-refractivity contribution in [1.82, 2.24) is 4.31 Å². The summed E-state index contributed by atoms with van der Waals surface area (Å²) < 4.78 is 30.8. The zero-order chi connectivity index (χ0) is 14.5. The fraction of sp³-hybridized carbons (Fsp3) is 0.500. The van der Waals surface area contributed by atoms with Crippen LogP contribution >= 0.6 is 23.2 Å². The monoisotopic (exact) mass is 325 g/mol. The predicted molar refractivity (Wildman–Crippen MR) is 77.3 cm³/mol. The Hall–Kier alpha value is -0.330. The van der Waals surface area contributed by atoms with Crippen molar-refractivity contribution in [1.29, 1.82) is 0 Å². The first-order chi connectivity index (χ1) is 8.93. The number of benzene rings is 1. The van der Waals surface area contributed by atoms with Crippen molar-refractivity contribution >= 4 is 33.2 Å². The van der Waals surface area contributed by atoms with Crippen LogP contribution in [-0.2, 0) is 20.6 Å². The molecule has 0 amide bonds. The van der Waals surface area contributed by atoms with E-state index in [1.165, 1.54) is 16.4 Å². The number of hydrogen-bond donors (Lipinski definition) is 0. The lowest BCUT2D eigenvalue weighted by Gasteiger charge is -2.17. The minimum absolute atomic E-state index is 0.176. The number of nitrogens with zero attached hydrogens (tertiary/aromatic N) is 1. The van der Waals surface area contributed by atoms with Crippen molar-refractivity contribution in [3.05, 3.63) is 28.8 Å². The second-order valence-corrected chi connectivity index (χ2v) is 6.78. The Bertz CT molecular complexity index is 520. The zero-order valence-corrected chi connectivity index (χ0v) is 13.2. The van der Waals surface area contributed by atoms with E-state index < -0.39 is 10.0 Å². The average Bonchev–Trinajstić information content (AvgIpc) is 2.39. The lowest BCUT2D eigenvalue weighted by Crippen LogP contribution is -2.28. The highest BCUT2D eigenvalue weighted by Gasteiger charge is 2.21. The molecule has 0 radical (unpaired) electrons. The molecule has 0 aromatic heterocycles. The number of methoxy groups -OCH3 is 1. The van der Waals surface area contributed by atoms with Gasteiger partial charge in [0.15, 0.2) is 0 Å². The highest BCUT2D eigenvalue weighted by molar-refractivity contribution is 7.89. The lowest BCUT2D eigenvalue weighted by molar-refractivity contribution is 0.189. The van der Waals surface area contributed by atoms with E-state index in [2.05, 4.69) is 0 Å². The van der Waals surface area contributed by atoms with E-state index in [-0.39, 0.29) is 10.8 Å². The molecule has 0 unspecified atom stereocenters. The number of rotatable bonds is 7. The fourth-order valence-corrected chi connectivity index (χ4v) is 3.28. The van der Waals surface area contributed by atoms with E-state index in [9.17, 15) is 8.42 Å². The van der Waals surface area contributed by atoms with Crippen LogP contribution in [0.15, 0.2) is 23.1 Å². The molecule has 4 nitrogen and oxygen atoms in total. The topological polar surface area (TPSA) is 46.6 Å². The quantitative estimate of drug-likeness (QED) is 0.572. The Labute approximate surface area is 124 Å². The molecule has 0 aliphatic heterocycles. The Balaban J connectivity index is 2.93. The normalized spacial score (nSPS) is 12.1. The van der Waals surface area contributed by atoms with E-state index >= 15 is 0 Å². The van der Waals surface area contributed by atoms with Gasteiger partial charge in [-0.3, -0.25) is 0 Å². The van der Waals surface area contributed by atoms with Crippen molar-refractivity contribution < 1.29 is 13.2 Å². The van der Waals surface area contributed by atoms with Crippen molar-refractivity contribution in [2.75, 3.05) is 27.3 Å². The van der Waals surface area contributed by atoms with Crippen LogP contribution in [0.5, 0.6) is 0 Å². The molecule has 0 aliphatic rings. The fourth-order valence-electron chi connectivity index (χ4n) is 1.55. The highest BCUT2D eigenvalue weighted by Crippen LogP contribution is 2.23. The van der Waals surface area contributed by atoms with E-state index in [0.29, 0.717) is 30.2 Å². The molecule has 1 rings (SSSR count). The van der Waals surface area contributed by atoms with Crippen LogP contribution in [0.2, 0.25) is 5.02 Å². The Morgan fingerprint density at radius 2 is 2.05 bits per heavy atom. The number of sulfonamides is 1. The van der Waals surface area contributed by atoms with Crippen molar-refractivity contribution in [3.8, 4) is 0 Å². The second-order valence-electron chi connectivity index (χ2n) is 4.06. The average molecular weight is 326 g/mol. The van der Waals surface area contributed by atoms with Crippen LogP contribution in [0.4, 0.5) is 0 Å². The van der Waals surface area contributed by atoms with Crippen LogP contribution in [0.3, 0.4) is 0 Å². The Morgan fingerprint density at radius 3 is 2.63 bits per heavy atom. The standard InChI is InChI=1S/C12H17Cl2NO3S/c1-15(6-3-7-18-2)19(16,17)11-4-5-12(14)10(8-11)9-13/h4-5,8H,3,6-7,9H2,1-2H3. The molecule has 0 heterocycles. The van der Waals surface area contributed by atoms with Gasteiger partial charge in [0.1, 0.15) is 0 Å². The van der Waals surface area contributed by atoms with Gasteiger partial charge in [-0.2, -0.15) is 0 Å². The minimum atomic E-state index is -3.51. The molecule has 0 fully saturated rings. The van der Waals surface area contributed by atoms with Crippen LogP contribution in [0, 0.1) is 0 Å². The molecular weight excluding hydrogens is 309 g/mol. The second kappa shape index (κ2) is 7.45. The molecule has 0 atom stereocenters. The molecule has 7 heteroatoms. The van der Waals surface area contributed by atoms with Gasteiger partial charge in [-0.1, -0.05) is 11.6 Å². The summed E-state index contributed by atoms with van der Waals surface area (Å²) in [4.78, 5) is 0.201. The van der Waals surface area contributed by atoms with Crippen LogP contribution < -0.4 is 0 Å². The SMILES string of the molecule is COCCCN(C)S(=O)(=O)c1ccc(Cl)c(CCl)c1. The summed E-state index contributed by atoms with van der Waals surface area (Å²) in [6.07, 6.45) is 0.641. The van der Waals surface area contributed by atoms with Gasteiger partial charge in [0.25, 0.3) is 0 Å². The third kappa shape index (κ3) is 4.33. The van der Waals surface area contributed by atoms with Crippen LogP contribution in [0.1, 0.15) is 12.0 Å². The Morgan fingerprint density at radius 1 is 1.37 bits per heavy atom. The first-order valence-electron chi connectivity index (χ1n) is 5.73. The van der Waals surface area contributed by atoms with Gasteiger partial charge in [0.2, 0.25) is 10.0 Å². The van der Waals surface area contributed by atoms with Gasteiger partial charge >= 0.3 is 0 Å². The summed E-state index contributed by atoms with van der Waals surface area (Å²) in [6.45, 7) is 0.919. The summed E-state index contributed by atoms with van der Waals surface area (Å²) in [6, 6.07) is 4.55. The van der Waals surface area contributed by atoms with Crippen LogP contribution in [-0.4, -0.2) is 40.0 Å². The molecule has 1 aromatic carbocycles. The van der Waals surface area contributed by atoms with Gasteiger partial charge in [-0.25, -0.2) is 12.7 Å². The predicted octanol–water partition coefficient (Wildman–Crippen LogP) is 2.74.